The van der Waals surface area contributed by atoms with Crippen LogP contribution in [0, 0.1) is 0 Å². The van der Waals surface area contributed by atoms with E-state index in [0.717, 1.165) is 5.69 Å². The number of benzene rings is 1. The van der Waals surface area contributed by atoms with E-state index in [1.54, 1.807) is 35.9 Å². The zero-order valence-corrected chi connectivity index (χ0v) is 13.2. The van der Waals surface area contributed by atoms with E-state index in [2.05, 4.69) is 14.8 Å². The van der Waals surface area contributed by atoms with Gasteiger partial charge in [0.05, 0.1) is 19.0 Å². The fourth-order valence-electron chi connectivity index (χ4n) is 2.26. The first-order valence-electron chi connectivity index (χ1n) is 6.81. The monoisotopic (exact) mass is 332 g/mol. The molecule has 2 heterocycles. The highest BCUT2D eigenvalue weighted by Crippen LogP contribution is 2.17. The molecule has 23 heavy (non-hydrogen) atoms. The number of methoxy groups -OCH3 is 1. The van der Waals surface area contributed by atoms with E-state index in [0.29, 0.717) is 16.1 Å². The normalized spacial score (nSPS) is 12.3. The van der Waals surface area contributed by atoms with Crippen LogP contribution < -0.4 is 5.56 Å². The average molecular weight is 333 g/mol. The maximum Gasteiger partial charge on any atom is 0.328 e. The fourth-order valence-corrected chi connectivity index (χ4v) is 2.38. The lowest BCUT2D eigenvalue weighted by molar-refractivity contribution is -0.144. The third-order valence-corrected chi connectivity index (χ3v) is 3.80. The van der Waals surface area contributed by atoms with Gasteiger partial charge in [-0.3, -0.25) is 9.36 Å². The molecule has 118 valence electrons. The molecule has 3 aromatic rings. The number of rotatable bonds is 3. The SMILES string of the molecule is COC(=O)[C@@H](C)n1cnc2c(cnn2-c2ccc(Cl)cc2)c1=O. The number of ether oxygens (including phenoxy) is 1. The topological polar surface area (TPSA) is 79.0 Å². The average Bonchev–Trinajstić information content (AvgIpc) is 2.99. The second kappa shape index (κ2) is 5.85. The highest BCUT2D eigenvalue weighted by Gasteiger charge is 2.19. The van der Waals surface area contributed by atoms with Gasteiger partial charge in [-0.2, -0.15) is 5.10 Å². The molecule has 1 aromatic carbocycles. The number of hydrogen-bond acceptors (Lipinski definition) is 5. The molecule has 2 aromatic heterocycles. The van der Waals surface area contributed by atoms with Crippen molar-refractivity contribution in [1.29, 1.82) is 0 Å². The zero-order valence-electron chi connectivity index (χ0n) is 12.4. The summed E-state index contributed by atoms with van der Waals surface area (Å²) < 4.78 is 7.43. The second-order valence-electron chi connectivity index (χ2n) is 4.93. The van der Waals surface area contributed by atoms with Crippen molar-refractivity contribution in [3.8, 4) is 5.69 Å². The quantitative estimate of drug-likeness (QED) is 0.685. The standard InChI is InChI=1S/C15H13ClN4O3/c1-9(15(22)23-2)19-8-17-13-12(14(19)21)7-18-20(13)11-5-3-10(16)4-6-11/h3-9H,1-2H3/t9-/m1/s1. The maximum absolute atomic E-state index is 12.5. The molecule has 0 aliphatic heterocycles. The first kappa shape index (κ1) is 15.2. The van der Waals surface area contributed by atoms with Crippen LogP contribution in [0.5, 0.6) is 0 Å². The summed E-state index contributed by atoms with van der Waals surface area (Å²) >= 11 is 5.87. The molecule has 3 rings (SSSR count). The molecule has 0 unspecified atom stereocenters. The number of nitrogens with zero attached hydrogens (tertiary/aromatic N) is 4. The Bertz CT molecular complexity index is 930. The van der Waals surface area contributed by atoms with Crippen LogP contribution in [0.3, 0.4) is 0 Å². The molecular weight excluding hydrogens is 320 g/mol. The molecule has 0 fully saturated rings. The Balaban J connectivity index is 2.13. The van der Waals surface area contributed by atoms with Crippen molar-refractivity contribution in [1.82, 2.24) is 19.3 Å². The maximum atomic E-state index is 12.5. The van der Waals surface area contributed by atoms with E-state index in [1.165, 1.54) is 24.2 Å². The van der Waals surface area contributed by atoms with Gasteiger partial charge >= 0.3 is 5.97 Å². The van der Waals surface area contributed by atoms with E-state index in [9.17, 15) is 9.59 Å². The van der Waals surface area contributed by atoms with Gasteiger partial charge in [0.1, 0.15) is 17.8 Å². The molecule has 0 radical (unpaired) electrons. The summed E-state index contributed by atoms with van der Waals surface area (Å²) in [6.45, 7) is 1.57. The highest BCUT2D eigenvalue weighted by molar-refractivity contribution is 6.30. The Hall–Kier alpha value is -2.67. The van der Waals surface area contributed by atoms with Gasteiger partial charge in [-0.1, -0.05) is 11.6 Å². The molecule has 7 nitrogen and oxygen atoms in total. The molecule has 8 heteroatoms. The first-order chi connectivity index (χ1) is 11.0. The van der Waals surface area contributed by atoms with E-state index in [-0.39, 0.29) is 5.56 Å². The molecule has 0 saturated heterocycles. The number of carbonyl (C=O) groups excluding carboxylic acids is 1. The van der Waals surface area contributed by atoms with Gasteiger partial charge in [-0.25, -0.2) is 14.5 Å². The van der Waals surface area contributed by atoms with Crippen molar-refractivity contribution < 1.29 is 9.53 Å². The highest BCUT2D eigenvalue weighted by atomic mass is 35.5. The van der Waals surface area contributed by atoms with Crippen LogP contribution in [0.2, 0.25) is 5.02 Å². The lowest BCUT2D eigenvalue weighted by Gasteiger charge is -2.12. The van der Waals surface area contributed by atoms with Gasteiger partial charge < -0.3 is 4.74 Å². The van der Waals surface area contributed by atoms with Crippen LogP contribution in [0.25, 0.3) is 16.7 Å². The van der Waals surface area contributed by atoms with Crippen molar-refractivity contribution in [3.05, 3.63) is 52.2 Å². The van der Waals surface area contributed by atoms with E-state index in [4.69, 9.17) is 11.6 Å². The Labute approximate surface area is 136 Å². The van der Waals surface area contributed by atoms with Crippen molar-refractivity contribution >= 4 is 28.6 Å². The van der Waals surface area contributed by atoms with Crippen molar-refractivity contribution in [2.75, 3.05) is 7.11 Å². The second-order valence-corrected chi connectivity index (χ2v) is 5.36. The molecule has 0 spiro atoms. The summed E-state index contributed by atoms with van der Waals surface area (Å²) in [6, 6.07) is 6.25. The van der Waals surface area contributed by atoms with E-state index < -0.39 is 12.0 Å². The predicted molar refractivity (Wildman–Crippen MR) is 84.9 cm³/mol. The Morgan fingerprint density at radius 3 is 2.65 bits per heavy atom. The van der Waals surface area contributed by atoms with Crippen LogP contribution >= 0.6 is 11.6 Å². The van der Waals surface area contributed by atoms with E-state index in [1.807, 2.05) is 0 Å². The largest absolute Gasteiger partial charge is 0.467 e. The van der Waals surface area contributed by atoms with Crippen LogP contribution in [-0.4, -0.2) is 32.4 Å². The molecule has 0 aliphatic rings. The minimum atomic E-state index is -0.761. The minimum absolute atomic E-state index is 0.318. The number of esters is 1. The third-order valence-electron chi connectivity index (χ3n) is 3.54. The van der Waals surface area contributed by atoms with Crippen LogP contribution in [0.1, 0.15) is 13.0 Å². The summed E-state index contributed by atoms with van der Waals surface area (Å²) in [5.41, 5.74) is 0.786. The van der Waals surface area contributed by atoms with Gasteiger partial charge in [0, 0.05) is 5.02 Å². The molecule has 0 N–H and O–H groups in total. The summed E-state index contributed by atoms with van der Waals surface area (Å²) in [7, 11) is 1.27. The van der Waals surface area contributed by atoms with E-state index >= 15 is 0 Å². The summed E-state index contributed by atoms with van der Waals surface area (Å²) in [5, 5.41) is 5.12. The van der Waals surface area contributed by atoms with Crippen molar-refractivity contribution in [2.45, 2.75) is 13.0 Å². The number of carbonyl (C=O) groups is 1. The number of halogens is 1. The summed E-state index contributed by atoms with van der Waals surface area (Å²) in [6.07, 6.45) is 2.75. The van der Waals surface area contributed by atoms with Crippen LogP contribution in [-0.2, 0) is 9.53 Å². The summed E-state index contributed by atoms with van der Waals surface area (Å²) in [4.78, 5) is 28.4. The summed E-state index contributed by atoms with van der Waals surface area (Å²) in [5.74, 6) is -0.515. The lowest BCUT2D eigenvalue weighted by Crippen LogP contribution is -2.29. The molecule has 0 aliphatic carbocycles. The van der Waals surface area contributed by atoms with Gasteiger partial charge in [-0.15, -0.1) is 0 Å². The zero-order chi connectivity index (χ0) is 16.6. The van der Waals surface area contributed by atoms with Gasteiger partial charge in [0.2, 0.25) is 0 Å². The fraction of sp³-hybridized carbons (Fsp3) is 0.200. The lowest BCUT2D eigenvalue weighted by atomic mass is 10.3. The van der Waals surface area contributed by atoms with Crippen molar-refractivity contribution in [2.24, 2.45) is 0 Å². The third kappa shape index (κ3) is 2.59. The molecule has 1 atom stereocenters. The number of aromatic nitrogens is 4. The number of fused-ring (bicyclic) bond motifs is 1. The molecular formula is C15H13ClN4O3. The Kier molecular flexibility index (Phi) is 3.87. The molecule has 0 bridgehead atoms. The minimum Gasteiger partial charge on any atom is -0.467 e. The smallest absolute Gasteiger partial charge is 0.328 e. The number of hydrogen-bond donors (Lipinski definition) is 0. The van der Waals surface area contributed by atoms with Gasteiger partial charge in [-0.05, 0) is 31.2 Å². The van der Waals surface area contributed by atoms with Crippen molar-refractivity contribution in [3.63, 3.8) is 0 Å². The Morgan fingerprint density at radius 1 is 1.30 bits per heavy atom. The Morgan fingerprint density at radius 2 is 2.00 bits per heavy atom. The molecule has 0 saturated carbocycles. The predicted octanol–water partition coefficient (Wildman–Crippen LogP) is 1.97. The van der Waals surface area contributed by atoms with Gasteiger partial charge in [0.25, 0.3) is 5.56 Å². The van der Waals surface area contributed by atoms with Crippen LogP contribution in [0.4, 0.5) is 0 Å². The molecule has 0 amide bonds. The van der Waals surface area contributed by atoms with Gasteiger partial charge in [0.15, 0.2) is 5.65 Å². The van der Waals surface area contributed by atoms with Crippen LogP contribution in [0.15, 0.2) is 41.6 Å². The first-order valence-corrected chi connectivity index (χ1v) is 7.19.